The molecule has 0 aliphatic carbocycles. The summed E-state index contributed by atoms with van der Waals surface area (Å²) in [6.07, 6.45) is 4.61. The molecule has 0 atom stereocenters. The fraction of sp³-hybridized carbons (Fsp3) is 0.923. The monoisotopic (exact) mass is 242 g/mol. The largest absolute Gasteiger partial charge is 0.380 e. The van der Waals surface area contributed by atoms with Crippen molar-refractivity contribution in [2.45, 2.75) is 39.5 Å². The molecule has 0 radical (unpaired) electrons. The lowest BCUT2D eigenvalue weighted by Gasteiger charge is -2.26. The Hall–Kier alpha value is -0.770. The summed E-state index contributed by atoms with van der Waals surface area (Å²) in [7, 11) is 0. The lowest BCUT2D eigenvalue weighted by atomic mass is 10.1. The first-order valence-electron chi connectivity index (χ1n) is 6.80. The van der Waals surface area contributed by atoms with E-state index in [1.54, 1.807) is 0 Å². The van der Waals surface area contributed by atoms with E-state index in [1.165, 1.54) is 6.42 Å². The zero-order valence-electron chi connectivity index (χ0n) is 11.2. The Morgan fingerprint density at radius 2 is 1.94 bits per heavy atom. The van der Waals surface area contributed by atoms with E-state index in [0.717, 1.165) is 39.0 Å². The Morgan fingerprint density at radius 1 is 1.24 bits per heavy atom. The first-order valence-corrected chi connectivity index (χ1v) is 6.80. The number of hydrogen-bond acceptors (Lipinski definition) is 2. The van der Waals surface area contributed by atoms with Crippen LogP contribution in [-0.4, -0.2) is 43.8 Å². The second kappa shape index (κ2) is 8.34. The average molecular weight is 242 g/mol. The minimum atomic E-state index is 0.0668. The number of nitrogens with zero attached hydrogens (tertiary/aromatic N) is 1. The van der Waals surface area contributed by atoms with Gasteiger partial charge in [-0.3, -0.25) is 0 Å². The number of amides is 2. The van der Waals surface area contributed by atoms with E-state index in [9.17, 15) is 4.79 Å². The van der Waals surface area contributed by atoms with E-state index in [2.05, 4.69) is 19.2 Å². The molecule has 1 fully saturated rings. The van der Waals surface area contributed by atoms with Crippen molar-refractivity contribution >= 4 is 6.03 Å². The molecule has 1 saturated heterocycles. The second-order valence-electron chi connectivity index (χ2n) is 5.07. The van der Waals surface area contributed by atoms with Crippen LogP contribution in [0.5, 0.6) is 0 Å². The molecule has 1 rings (SSSR count). The molecule has 0 aromatic carbocycles. The Labute approximate surface area is 105 Å². The van der Waals surface area contributed by atoms with E-state index in [4.69, 9.17) is 4.74 Å². The summed E-state index contributed by atoms with van der Waals surface area (Å²) in [6.45, 7) is 8.19. The summed E-state index contributed by atoms with van der Waals surface area (Å²) in [4.78, 5) is 13.6. The number of piperidine rings is 1. The molecule has 100 valence electrons. The van der Waals surface area contributed by atoms with Crippen molar-refractivity contribution in [1.82, 2.24) is 10.2 Å². The summed E-state index contributed by atoms with van der Waals surface area (Å²) in [5, 5.41) is 2.90. The van der Waals surface area contributed by atoms with E-state index >= 15 is 0 Å². The topological polar surface area (TPSA) is 41.6 Å². The van der Waals surface area contributed by atoms with Crippen molar-refractivity contribution in [2.24, 2.45) is 5.92 Å². The fourth-order valence-corrected chi connectivity index (χ4v) is 1.86. The van der Waals surface area contributed by atoms with Gasteiger partial charge in [0.1, 0.15) is 0 Å². The first kappa shape index (κ1) is 14.3. The van der Waals surface area contributed by atoms with Crippen molar-refractivity contribution in [1.29, 1.82) is 0 Å². The summed E-state index contributed by atoms with van der Waals surface area (Å²) in [5.74, 6) is 0.679. The molecule has 0 spiro atoms. The molecule has 0 bridgehead atoms. The highest BCUT2D eigenvalue weighted by molar-refractivity contribution is 5.74. The average Bonchev–Trinajstić information content (AvgIpc) is 2.34. The molecule has 0 aromatic heterocycles. The van der Waals surface area contributed by atoms with Gasteiger partial charge in [0.25, 0.3) is 0 Å². The highest BCUT2D eigenvalue weighted by Crippen LogP contribution is 2.08. The third-order valence-electron chi connectivity index (χ3n) is 3.01. The maximum Gasteiger partial charge on any atom is 0.317 e. The minimum Gasteiger partial charge on any atom is -0.380 e. The standard InChI is InChI=1S/C13H26N2O2/c1-12(2)6-10-17-11-7-14-13(16)15-8-4-3-5-9-15/h12H,3-11H2,1-2H3,(H,14,16). The highest BCUT2D eigenvalue weighted by Gasteiger charge is 2.15. The Balaban J connectivity index is 1.96. The lowest BCUT2D eigenvalue weighted by molar-refractivity contribution is 0.123. The van der Waals surface area contributed by atoms with Crippen LogP contribution in [0.25, 0.3) is 0 Å². The molecule has 1 heterocycles. The third-order valence-corrected chi connectivity index (χ3v) is 3.01. The molecule has 0 aromatic rings. The minimum absolute atomic E-state index is 0.0668. The van der Waals surface area contributed by atoms with Gasteiger partial charge in [0.05, 0.1) is 6.61 Å². The summed E-state index contributed by atoms with van der Waals surface area (Å²) < 4.78 is 5.45. The maximum absolute atomic E-state index is 11.7. The maximum atomic E-state index is 11.7. The number of hydrogen-bond donors (Lipinski definition) is 1. The number of nitrogens with one attached hydrogen (secondary N) is 1. The molecule has 1 aliphatic heterocycles. The Kier molecular flexibility index (Phi) is 7.01. The van der Waals surface area contributed by atoms with Gasteiger partial charge in [-0.15, -0.1) is 0 Å². The molecule has 1 aliphatic rings. The normalized spacial score (nSPS) is 16.3. The number of rotatable bonds is 6. The number of urea groups is 1. The molecule has 17 heavy (non-hydrogen) atoms. The fourth-order valence-electron chi connectivity index (χ4n) is 1.86. The summed E-state index contributed by atoms with van der Waals surface area (Å²) in [6, 6.07) is 0.0668. The van der Waals surface area contributed by atoms with Crippen molar-refractivity contribution in [3.8, 4) is 0 Å². The predicted molar refractivity (Wildman–Crippen MR) is 69.1 cm³/mol. The quantitative estimate of drug-likeness (QED) is 0.726. The third kappa shape index (κ3) is 6.51. The number of carbonyl (C=O) groups is 1. The predicted octanol–water partition coefficient (Wildman–Crippen LogP) is 2.24. The van der Waals surface area contributed by atoms with Crippen LogP contribution in [0.4, 0.5) is 4.79 Å². The molecule has 2 amide bonds. The Morgan fingerprint density at radius 3 is 2.59 bits per heavy atom. The molecule has 1 N–H and O–H groups in total. The Bertz CT molecular complexity index is 213. The summed E-state index contributed by atoms with van der Waals surface area (Å²) >= 11 is 0. The zero-order valence-corrected chi connectivity index (χ0v) is 11.2. The second-order valence-corrected chi connectivity index (χ2v) is 5.07. The lowest BCUT2D eigenvalue weighted by Crippen LogP contribution is -2.43. The molecule has 0 saturated carbocycles. The zero-order chi connectivity index (χ0) is 12.5. The van der Waals surface area contributed by atoms with Crippen LogP contribution >= 0.6 is 0 Å². The van der Waals surface area contributed by atoms with E-state index < -0.39 is 0 Å². The van der Waals surface area contributed by atoms with Crippen LogP contribution in [0.2, 0.25) is 0 Å². The van der Waals surface area contributed by atoms with Gasteiger partial charge in [0.15, 0.2) is 0 Å². The van der Waals surface area contributed by atoms with Gasteiger partial charge in [-0.1, -0.05) is 13.8 Å². The number of carbonyl (C=O) groups excluding carboxylic acids is 1. The highest BCUT2D eigenvalue weighted by atomic mass is 16.5. The van der Waals surface area contributed by atoms with Crippen LogP contribution in [0.1, 0.15) is 39.5 Å². The molecule has 0 unspecified atom stereocenters. The van der Waals surface area contributed by atoms with Crippen molar-refractivity contribution in [3.05, 3.63) is 0 Å². The van der Waals surface area contributed by atoms with E-state index in [0.29, 0.717) is 19.1 Å². The molecule has 4 nitrogen and oxygen atoms in total. The molecule has 4 heteroatoms. The SMILES string of the molecule is CC(C)CCOCCNC(=O)N1CCCCC1. The van der Waals surface area contributed by atoms with Crippen LogP contribution in [0.3, 0.4) is 0 Å². The van der Waals surface area contributed by atoms with E-state index in [-0.39, 0.29) is 6.03 Å². The van der Waals surface area contributed by atoms with Gasteiger partial charge in [0.2, 0.25) is 0 Å². The smallest absolute Gasteiger partial charge is 0.317 e. The molecular formula is C13H26N2O2. The van der Waals surface area contributed by atoms with Gasteiger partial charge in [-0.05, 0) is 31.6 Å². The van der Waals surface area contributed by atoms with Gasteiger partial charge >= 0.3 is 6.03 Å². The van der Waals surface area contributed by atoms with Crippen molar-refractivity contribution in [3.63, 3.8) is 0 Å². The van der Waals surface area contributed by atoms with Crippen molar-refractivity contribution in [2.75, 3.05) is 32.8 Å². The van der Waals surface area contributed by atoms with Gasteiger partial charge in [0, 0.05) is 26.2 Å². The van der Waals surface area contributed by atoms with Gasteiger partial charge < -0.3 is 15.0 Å². The first-order chi connectivity index (χ1) is 8.20. The van der Waals surface area contributed by atoms with Crippen molar-refractivity contribution < 1.29 is 9.53 Å². The van der Waals surface area contributed by atoms with Crippen LogP contribution in [0, 0.1) is 5.92 Å². The van der Waals surface area contributed by atoms with Gasteiger partial charge in [-0.25, -0.2) is 4.79 Å². The molecular weight excluding hydrogens is 216 g/mol. The van der Waals surface area contributed by atoms with Crippen LogP contribution < -0.4 is 5.32 Å². The van der Waals surface area contributed by atoms with Crippen LogP contribution in [0.15, 0.2) is 0 Å². The number of ether oxygens (including phenoxy) is 1. The number of likely N-dealkylation sites (tertiary alicyclic amines) is 1. The van der Waals surface area contributed by atoms with E-state index in [1.807, 2.05) is 4.90 Å². The van der Waals surface area contributed by atoms with Crippen LogP contribution in [-0.2, 0) is 4.74 Å². The van der Waals surface area contributed by atoms with Gasteiger partial charge in [-0.2, -0.15) is 0 Å². The summed E-state index contributed by atoms with van der Waals surface area (Å²) in [5.41, 5.74) is 0.